The highest BCUT2D eigenvalue weighted by Gasteiger charge is 2.29. The summed E-state index contributed by atoms with van der Waals surface area (Å²) in [5.74, 6) is 1.01. The SMILES string of the molecule is CCCNC(=O)C1CCN(C(C)C(=O)NCc2ccccc2OC)CC1. The van der Waals surface area contributed by atoms with Crippen LogP contribution in [0.2, 0.25) is 0 Å². The molecule has 0 spiro atoms. The first-order valence-electron chi connectivity index (χ1n) is 9.48. The van der Waals surface area contributed by atoms with E-state index in [4.69, 9.17) is 4.74 Å². The van der Waals surface area contributed by atoms with E-state index in [-0.39, 0.29) is 23.8 Å². The van der Waals surface area contributed by atoms with Crippen molar-refractivity contribution in [3.63, 3.8) is 0 Å². The van der Waals surface area contributed by atoms with E-state index in [9.17, 15) is 9.59 Å². The molecule has 2 N–H and O–H groups in total. The van der Waals surface area contributed by atoms with E-state index < -0.39 is 0 Å². The van der Waals surface area contributed by atoms with Crippen LogP contribution < -0.4 is 15.4 Å². The molecule has 1 atom stereocenters. The van der Waals surface area contributed by atoms with Crippen LogP contribution in [0.15, 0.2) is 24.3 Å². The van der Waals surface area contributed by atoms with E-state index in [1.54, 1.807) is 7.11 Å². The van der Waals surface area contributed by atoms with E-state index in [0.717, 1.165) is 50.2 Å². The van der Waals surface area contributed by atoms with Crippen LogP contribution in [-0.2, 0) is 16.1 Å². The molecule has 26 heavy (non-hydrogen) atoms. The molecule has 1 fully saturated rings. The number of nitrogens with zero attached hydrogens (tertiary/aromatic N) is 1. The normalized spacial score (nSPS) is 16.7. The summed E-state index contributed by atoms with van der Waals surface area (Å²) in [6, 6.07) is 7.48. The Labute approximate surface area is 156 Å². The largest absolute Gasteiger partial charge is 0.496 e. The molecule has 144 valence electrons. The minimum Gasteiger partial charge on any atom is -0.496 e. The molecule has 0 aliphatic carbocycles. The standard InChI is InChI=1S/C20H31N3O3/c1-4-11-21-20(25)16-9-12-23(13-10-16)15(2)19(24)22-14-17-7-5-6-8-18(17)26-3/h5-8,15-16H,4,9-14H2,1-3H3,(H,21,25)(H,22,24). The molecule has 1 unspecified atom stereocenters. The first kappa shape index (κ1) is 20.2. The van der Waals surface area contributed by atoms with Gasteiger partial charge in [-0.2, -0.15) is 0 Å². The van der Waals surface area contributed by atoms with Gasteiger partial charge in [-0.25, -0.2) is 0 Å². The molecular formula is C20H31N3O3. The number of rotatable bonds is 8. The summed E-state index contributed by atoms with van der Waals surface area (Å²) in [6.45, 7) is 6.70. The van der Waals surface area contributed by atoms with Gasteiger partial charge in [-0.05, 0) is 45.3 Å². The fourth-order valence-electron chi connectivity index (χ4n) is 3.29. The second kappa shape index (κ2) is 10.2. The zero-order valence-electron chi connectivity index (χ0n) is 16.1. The van der Waals surface area contributed by atoms with E-state index in [1.165, 1.54) is 0 Å². The topological polar surface area (TPSA) is 70.7 Å². The van der Waals surface area contributed by atoms with Crippen molar-refractivity contribution in [2.24, 2.45) is 5.92 Å². The van der Waals surface area contributed by atoms with Crippen LogP contribution in [0.25, 0.3) is 0 Å². The number of carbonyl (C=O) groups excluding carboxylic acids is 2. The summed E-state index contributed by atoms with van der Waals surface area (Å²) in [6.07, 6.45) is 2.56. The van der Waals surface area contributed by atoms with Crippen molar-refractivity contribution in [2.45, 2.75) is 45.7 Å². The summed E-state index contributed by atoms with van der Waals surface area (Å²) in [5, 5.41) is 5.96. The number of likely N-dealkylation sites (tertiary alicyclic amines) is 1. The van der Waals surface area contributed by atoms with Crippen LogP contribution in [-0.4, -0.2) is 49.5 Å². The van der Waals surface area contributed by atoms with Gasteiger partial charge in [-0.1, -0.05) is 25.1 Å². The highest BCUT2D eigenvalue weighted by atomic mass is 16.5. The van der Waals surface area contributed by atoms with Gasteiger partial charge < -0.3 is 15.4 Å². The van der Waals surface area contributed by atoms with E-state index >= 15 is 0 Å². The van der Waals surface area contributed by atoms with Gasteiger partial charge in [-0.3, -0.25) is 14.5 Å². The average Bonchev–Trinajstić information content (AvgIpc) is 2.69. The van der Waals surface area contributed by atoms with Crippen molar-refractivity contribution in [3.05, 3.63) is 29.8 Å². The molecule has 0 saturated carbocycles. The number of hydrogen-bond donors (Lipinski definition) is 2. The number of amides is 2. The summed E-state index contributed by atoms with van der Waals surface area (Å²) in [4.78, 5) is 26.7. The predicted molar refractivity (Wildman–Crippen MR) is 102 cm³/mol. The minimum absolute atomic E-state index is 0.00444. The molecule has 0 radical (unpaired) electrons. The lowest BCUT2D eigenvalue weighted by Crippen LogP contribution is -2.49. The predicted octanol–water partition coefficient (Wildman–Crippen LogP) is 1.94. The van der Waals surface area contributed by atoms with Gasteiger partial charge in [0.05, 0.1) is 13.2 Å². The Morgan fingerprint density at radius 2 is 1.92 bits per heavy atom. The van der Waals surface area contributed by atoms with Gasteiger partial charge in [0.2, 0.25) is 11.8 Å². The molecule has 1 aliphatic rings. The quantitative estimate of drug-likeness (QED) is 0.742. The van der Waals surface area contributed by atoms with Crippen molar-refractivity contribution in [1.82, 2.24) is 15.5 Å². The van der Waals surface area contributed by atoms with E-state index in [1.807, 2.05) is 38.1 Å². The molecule has 1 heterocycles. The van der Waals surface area contributed by atoms with E-state index in [2.05, 4.69) is 15.5 Å². The maximum absolute atomic E-state index is 12.5. The summed E-state index contributed by atoms with van der Waals surface area (Å²) in [5.41, 5.74) is 0.960. The van der Waals surface area contributed by atoms with Gasteiger partial charge in [0, 0.05) is 24.6 Å². The molecule has 0 aromatic heterocycles. The molecule has 0 bridgehead atoms. The van der Waals surface area contributed by atoms with Crippen molar-refractivity contribution in [3.8, 4) is 5.75 Å². The zero-order chi connectivity index (χ0) is 18.9. The number of carbonyl (C=O) groups is 2. The van der Waals surface area contributed by atoms with Crippen LogP contribution >= 0.6 is 0 Å². The summed E-state index contributed by atoms with van der Waals surface area (Å²) < 4.78 is 5.32. The molecule has 2 amide bonds. The summed E-state index contributed by atoms with van der Waals surface area (Å²) >= 11 is 0. The first-order chi connectivity index (χ1) is 12.6. The smallest absolute Gasteiger partial charge is 0.237 e. The number of benzene rings is 1. The van der Waals surface area contributed by atoms with Gasteiger partial charge in [-0.15, -0.1) is 0 Å². The van der Waals surface area contributed by atoms with Gasteiger partial charge >= 0.3 is 0 Å². The number of para-hydroxylation sites is 1. The molecule has 1 aromatic rings. The zero-order valence-corrected chi connectivity index (χ0v) is 16.1. The number of nitrogens with one attached hydrogen (secondary N) is 2. The molecule has 1 aromatic carbocycles. The number of methoxy groups -OCH3 is 1. The highest BCUT2D eigenvalue weighted by Crippen LogP contribution is 2.20. The lowest BCUT2D eigenvalue weighted by molar-refractivity contribution is -0.128. The first-order valence-corrected chi connectivity index (χ1v) is 9.48. The summed E-state index contributed by atoms with van der Waals surface area (Å²) in [7, 11) is 1.63. The monoisotopic (exact) mass is 361 g/mol. The van der Waals surface area contributed by atoms with Crippen LogP contribution in [0.3, 0.4) is 0 Å². The second-order valence-electron chi connectivity index (χ2n) is 6.81. The van der Waals surface area contributed by atoms with Crippen molar-refractivity contribution in [2.75, 3.05) is 26.7 Å². The third-order valence-corrected chi connectivity index (χ3v) is 5.02. The van der Waals surface area contributed by atoms with Gasteiger partial charge in [0.25, 0.3) is 0 Å². The molecule has 6 heteroatoms. The third kappa shape index (κ3) is 5.46. The van der Waals surface area contributed by atoms with Gasteiger partial charge in [0.1, 0.15) is 5.75 Å². The highest BCUT2D eigenvalue weighted by molar-refractivity contribution is 5.81. The number of hydrogen-bond acceptors (Lipinski definition) is 4. The molecule has 6 nitrogen and oxygen atoms in total. The van der Waals surface area contributed by atoms with Gasteiger partial charge in [0.15, 0.2) is 0 Å². The Bertz CT molecular complexity index is 598. The van der Waals surface area contributed by atoms with Crippen molar-refractivity contribution in [1.29, 1.82) is 0 Å². The second-order valence-corrected chi connectivity index (χ2v) is 6.81. The Morgan fingerprint density at radius 1 is 1.23 bits per heavy atom. The molecule has 2 rings (SSSR count). The fourth-order valence-corrected chi connectivity index (χ4v) is 3.29. The third-order valence-electron chi connectivity index (χ3n) is 5.02. The lowest BCUT2D eigenvalue weighted by atomic mass is 9.95. The fraction of sp³-hybridized carbons (Fsp3) is 0.600. The molecular weight excluding hydrogens is 330 g/mol. The molecule has 1 aliphatic heterocycles. The molecule has 1 saturated heterocycles. The van der Waals surface area contributed by atoms with E-state index in [0.29, 0.717) is 6.54 Å². The minimum atomic E-state index is -0.204. The Morgan fingerprint density at radius 3 is 2.58 bits per heavy atom. The lowest BCUT2D eigenvalue weighted by Gasteiger charge is -2.34. The Hall–Kier alpha value is -2.08. The van der Waals surface area contributed by atoms with Crippen molar-refractivity contribution >= 4 is 11.8 Å². The van der Waals surface area contributed by atoms with Crippen LogP contribution in [0, 0.1) is 5.92 Å². The number of ether oxygens (including phenoxy) is 1. The van der Waals surface area contributed by atoms with Crippen LogP contribution in [0.4, 0.5) is 0 Å². The maximum Gasteiger partial charge on any atom is 0.237 e. The number of piperidine rings is 1. The maximum atomic E-state index is 12.5. The van der Waals surface area contributed by atoms with Crippen molar-refractivity contribution < 1.29 is 14.3 Å². The van der Waals surface area contributed by atoms with Crippen LogP contribution in [0.5, 0.6) is 5.75 Å². The van der Waals surface area contributed by atoms with Crippen LogP contribution in [0.1, 0.15) is 38.7 Å². The Balaban J connectivity index is 1.79. The average molecular weight is 361 g/mol. The Kier molecular flexibility index (Phi) is 7.91.